The van der Waals surface area contributed by atoms with Crippen LogP contribution in [-0.4, -0.2) is 4.98 Å². The molecule has 1 aromatic carbocycles. The third-order valence-electron chi connectivity index (χ3n) is 5.38. The SMILES string of the molecule is Cc1c(C2CCCCC2)ncc2c1-c1ccccc1CC2. The number of rotatable bonds is 1. The molecule has 1 heterocycles. The topological polar surface area (TPSA) is 12.9 Å². The average Bonchev–Trinajstić information content (AvgIpc) is 2.55. The largest absolute Gasteiger partial charge is 0.260 e. The number of aryl methyl sites for hydroxylation is 2. The van der Waals surface area contributed by atoms with Gasteiger partial charge in [-0.1, -0.05) is 43.5 Å². The minimum Gasteiger partial charge on any atom is -0.260 e. The van der Waals surface area contributed by atoms with Crippen LogP contribution in [0.3, 0.4) is 0 Å². The Hall–Kier alpha value is -1.63. The van der Waals surface area contributed by atoms with Crippen LogP contribution in [0.4, 0.5) is 0 Å². The van der Waals surface area contributed by atoms with Crippen LogP contribution < -0.4 is 0 Å². The fourth-order valence-corrected chi connectivity index (χ4v) is 4.28. The number of benzene rings is 1. The van der Waals surface area contributed by atoms with Gasteiger partial charge in [-0.2, -0.15) is 0 Å². The molecule has 0 atom stereocenters. The maximum absolute atomic E-state index is 4.89. The summed E-state index contributed by atoms with van der Waals surface area (Å²) in [6.07, 6.45) is 11.3. The molecule has 0 bridgehead atoms. The van der Waals surface area contributed by atoms with Gasteiger partial charge in [0.25, 0.3) is 0 Å². The molecule has 2 aliphatic rings. The molecule has 0 aliphatic heterocycles. The van der Waals surface area contributed by atoms with Crippen LogP contribution in [0.15, 0.2) is 30.5 Å². The number of hydrogen-bond acceptors (Lipinski definition) is 1. The summed E-state index contributed by atoms with van der Waals surface area (Å²) < 4.78 is 0. The molecule has 1 fully saturated rings. The zero-order chi connectivity index (χ0) is 14.2. The zero-order valence-electron chi connectivity index (χ0n) is 12.9. The summed E-state index contributed by atoms with van der Waals surface area (Å²) >= 11 is 0. The van der Waals surface area contributed by atoms with Crippen LogP contribution in [0.25, 0.3) is 11.1 Å². The van der Waals surface area contributed by atoms with Crippen molar-refractivity contribution in [1.29, 1.82) is 0 Å². The van der Waals surface area contributed by atoms with E-state index in [1.165, 1.54) is 65.6 Å². The third-order valence-corrected chi connectivity index (χ3v) is 5.38. The van der Waals surface area contributed by atoms with Gasteiger partial charge in [-0.25, -0.2) is 0 Å². The van der Waals surface area contributed by atoms with Crippen molar-refractivity contribution in [2.75, 3.05) is 0 Å². The summed E-state index contributed by atoms with van der Waals surface area (Å²) in [7, 11) is 0. The van der Waals surface area contributed by atoms with Crippen molar-refractivity contribution in [2.45, 2.75) is 57.8 Å². The summed E-state index contributed by atoms with van der Waals surface area (Å²) in [5, 5.41) is 0. The molecule has 0 saturated heterocycles. The Morgan fingerprint density at radius 1 is 0.952 bits per heavy atom. The lowest BCUT2D eigenvalue weighted by atomic mass is 9.79. The van der Waals surface area contributed by atoms with Crippen molar-refractivity contribution in [3.63, 3.8) is 0 Å². The molecule has 1 nitrogen and oxygen atoms in total. The fourth-order valence-electron chi connectivity index (χ4n) is 4.28. The maximum atomic E-state index is 4.89. The van der Waals surface area contributed by atoms with Crippen molar-refractivity contribution in [1.82, 2.24) is 4.98 Å². The molecule has 1 aromatic heterocycles. The number of aromatic nitrogens is 1. The highest BCUT2D eigenvalue weighted by atomic mass is 14.7. The van der Waals surface area contributed by atoms with Gasteiger partial charge in [0.05, 0.1) is 0 Å². The van der Waals surface area contributed by atoms with Gasteiger partial charge in [-0.15, -0.1) is 0 Å². The Bertz CT molecular complexity index is 666. The standard InChI is InChI=1S/C20H23N/c1-14-19-17(12-11-15-7-5-6-10-18(15)19)13-21-20(14)16-8-3-2-4-9-16/h5-7,10,13,16H,2-4,8-9,11-12H2,1H3. The molecule has 0 unspecified atom stereocenters. The van der Waals surface area contributed by atoms with Crippen LogP contribution in [0.1, 0.15) is 60.4 Å². The number of hydrogen-bond donors (Lipinski definition) is 0. The first-order valence-corrected chi connectivity index (χ1v) is 8.41. The van der Waals surface area contributed by atoms with E-state index in [-0.39, 0.29) is 0 Å². The highest BCUT2D eigenvalue weighted by molar-refractivity contribution is 5.76. The summed E-state index contributed by atoms with van der Waals surface area (Å²) in [6, 6.07) is 8.93. The Balaban J connectivity index is 1.84. The van der Waals surface area contributed by atoms with Crippen molar-refractivity contribution in [3.05, 3.63) is 52.8 Å². The van der Waals surface area contributed by atoms with Gasteiger partial charge in [0.1, 0.15) is 0 Å². The van der Waals surface area contributed by atoms with Crippen molar-refractivity contribution in [3.8, 4) is 11.1 Å². The Kier molecular flexibility index (Phi) is 3.29. The van der Waals surface area contributed by atoms with E-state index in [9.17, 15) is 0 Å². The van der Waals surface area contributed by atoms with Crippen LogP contribution in [0.5, 0.6) is 0 Å². The minimum atomic E-state index is 0.693. The molecule has 0 N–H and O–H groups in total. The first-order chi connectivity index (χ1) is 10.3. The summed E-state index contributed by atoms with van der Waals surface area (Å²) in [4.78, 5) is 4.89. The molecule has 21 heavy (non-hydrogen) atoms. The lowest BCUT2D eigenvalue weighted by molar-refractivity contribution is 0.435. The van der Waals surface area contributed by atoms with Crippen LogP contribution in [0, 0.1) is 6.92 Å². The number of nitrogens with zero attached hydrogens (tertiary/aromatic N) is 1. The third kappa shape index (κ3) is 2.19. The van der Waals surface area contributed by atoms with Crippen molar-refractivity contribution < 1.29 is 0 Å². The lowest BCUT2D eigenvalue weighted by Crippen LogP contribution is -2.13. The quantitative estimate of drug-likeness (QED) is 0.698. The van der Waals surface area contributed by atoms with E-state index in [1.54, 1.807) is 0 Å². The Labute approximate surface area is 127 Å². The number of fused-ring (bicyclic) bond motifs is 3. The van der Waals surface area contributed by atoms with E-state index >= 15 is 0 Å². The first-order valence-electron chi connectivity index (χ1n) is 8.41. The van der Waals surface area contributed by atoms with E-state index < -0.39 is 0 Å². The second-order valence-electron chi connectivity index (χ2n) is 6.66. The van der Waals surface area contributed by atoms with Gasteiger partial charge < -0.3 is 0 Å². The highest BCUT2D eigenvalue weighted by Gasteiger charge is 2.24. The predicted octanol–water partition coefficient (Wildman–Crippen LogP) is 5.20. The zero-order valence-corrected chi connectivity index (χ0v) is 12.9. The highest BCUT2D eigenvalue weighted by Crippen LogP contribution is 2.40. The molecule has 108 valence electrons. The van der Waals surface area contributed by atoms with E-state index in [2.05, 4.69) is 37.4 Å². The first kappa shape index (κ1) is 13.1. The monoisotopic (exact) mass is 277 g/mol. The van der Waals surface area contributed by atoms with Gasteiger partial charge in [0, 0.05) is 17.8 Å². The van der Waals surface area contributed by atoms with E-state index in [1.807, 2.05) is 0 Å². The summed E-state index contributed by atoms with van der Waals surface area (Å²) in [5.74, 6) is 0.693. The fraction of sp³-hybridized carbons (Fsp3) is 0.450. The molecule has 0 amide bonds. The van der Waals surface area contributed by atoms with Gasteiger partial charge in [-0.3, -0.25) is 4.98 Å². The van der Waals surface area contributed by atoms with Crippen molar-refractivity contribution >= 4 is 0 Å². The molecule has 2 aliphatic carbocycles. The van der Waals surface area contributed by atoms with E-state index in [4.69, 9.17) is 4.98 Å². The van der Waals surface area contributed by atoms with Crippen LogP contribution >= 0.6 is 0 Å². The molecular formula is C20H23N. The molecule has 0 spiro atoms. The number of pyridine rings is 1. The molecule has 4 rings (SSSR count). The van der Waals surface area contributed by atoms with E-state index in [0.717, 1.165) is 12.8 Å². The van der Waals surface area contributed by atoms with Gasteiger partial charge >= 0.3 is 0 Å². The van der Waals surface area contributed by atoms with Gasteiger partial charge in [0.15, 0.2) is 0 Å². The van der Waals surface area contributed by atoms with Gasteiger partial charge in [0.2, 0.25) is 0 Å². The normalized spacial score (nSPS) is 18.1. The molecule has 1 heteroatoms. The van der Waals surface area contributed by atoms with Gasteiger partial charge in [-0.05, 0) is 60.4 Å². The van der Waals surface area contributed by atoms with Crippen LogP contribution in [-0.2, 0) is 12.8 Å². The van der Waals surface area contributed by atoms with E-state index in [0.29, 0.717) is 5.92 Å². The lowest BCUT2D eigenvalue weighted by Gasteiger charge is -2.27. The van der Waals surface area contributed by atoms with Crippen LogP contribution in [0.2, 0.25) is 0 Å². The maximum Gasteiger partial charge on any atom is 0.0470 e. The summed E-state index contributed by atoms with van der Waals surface area (Å²) in [6.45, 7) is 2.30. The predicted molar refractivity (Wildman–Crippen MR) is 87.6 cm³/mol. The molecule has 1 saturated carbocycles. The minimum absolute atomic E-state index is 0.693. The second-order valence-corrected chi connectivity index (χ2v) is 6.66. The molecule has 0 radical (unpaired) electrons. The molecular weight excluding hydrogens is 254 g/mol. The van der Waals surface area contributed by atoms with Crippen molar-refractivity contribution in [2.24, 2.45) is 0 Å². The Morgan fingerprint density at radius 3 is 2.57 bits per heavy atom. The summed E-state index contributed by atoms with van der Waals surface area (Å²) in [5.41, 5.74) is 8.74. The smallest absolute Gasteiger partial charge is 0.0470 e. The molecule has 2 aromatic rings. The second kappa shape index (κ2) is 5.29. The average molecular weight is 277 g/mol. The Morgan fingerprint density at radius 2 is 1.71 bits per heavy atom.